The molecule has 6 heteroatoms. The van der Waals surface area contributed by atoms with E-state index in [1.54, 1.807) is 18.2 Å². The molecule has 0 atom stereocenters. The average Bonchev–Trinajstić information content (AvgIpc) is 3.05. The molecule has 1 aromatic heterocycles. The number of carbonyl (C=O) groups excluding carboxylic acids is 1. The monoisotopic (exact) mass is 328 g/mol. The SMILES string of the molecule is COc1ccc(Cl)cc1NC(=O)c1conc1-c1ccccc1. The molecule has 0 saturated carbocycles. The van der Waals surface area contributed by atoms with E-state index in [0.29, 0.717) is 27.7 Å². The topological polar surface area (TPSA) is 64.4 Å². The number of hydrogen-bond donors (Lipinski definition) is 1. The summed E-state index contributed by atoms with van der Waals surface area (Å²) in [5.74, 6) is 0.158. The van der Waals surface area contributed by atoms with Gasteiger partial charge in [-0.1, -0.05) is 47.1 Å². The normalized spacial score (nSPS) is 10.3. The largest absolute Gasteiger partial charge is 0.495 e. The Kier molecular flexibility index (Phi) is 4.30. The molecule has 116 valence electrons. The highest BCUT2D eigenvalue weighted by atomic mass is 35.5. The minimum Gasteiger partial charge on any atom is -0.495 e. The van der Waals surface area contributed by atoms with Crippen molar-refractivity contribution in [2.75, 3.05) is 12.4 Å². The van der Waals surface area contributed by atoms with Gasteiger partial charge >= 0.3 is 0 Å². The van der Waals surface area contributed by atoms with E-state index >= 15 is 0 Å². The van der Waals surface area contributed by atoms with Crippen molar-refractivity contribution in [1.82, 2.24) is 5.16 Å². The maximum Gasteiger partial charge on any atom is 0.261 e. The molecule has 23 heavy (non-hydrogen) atoms. The van der Waals surface area contributed by atoms with Crippen molar-refractivity contribution in [1.29, 1.82) is 0 Å². The molecule has 2 aromatic carbocycles. The van der Waals surface area contributed by atoms with Gasteiger partial charge in [0.2, 0.25) is 0 Å². The highest BCUT2D eigenvalue weighted by molar-refractivity contribution is 6.31. The van der Waals surface area contributed by atoms with E-state index in [-0.39, 0.29) is 5.91 Å². The third-order valence-corrected chi connectivity index (χ3v) is 3.51. The Balaban J connectivity index is 1.91. The van der Waals surface area contributed by atoms with Crippen molar-refractivity contribution in [3.63, 3.8) is 0 Å². The number of carbonyl (C=O) groups is 1. The number of rotatable bonds is 4. The minimum atomic E-state index is -0.356. The molecule has 0 saturated heterocycles. The highest BCUT2D eigenvalue weighted by Crippen LogP contribution is 2.29. The van der Waals surface area contributed by atoms with Gasteiger partial charge in [-0.2, -0.15) is 0 Å². The smallest absolute Gasteiger partial charge is 0.261 e. The number of ether oxygens (including phenoxy) is 1. The molecule has 0 spiro atoms. The molecule has 1 N–H and O–H groups in total. The number of benzene rings is 2. The van der Waals surface area contributed by atoms with Crippen molar-refractivity contribution >= 4 is 23.2 Å². The quantitative estimate of drug-likeness (QED) is 0.777. The summed E-state index contributed by atoms with van der Waals surface area (Å²) in [7, 11) is 1.52. The van der Waals surface area contributed by atoms with Crippen molar-refractivity contribution in [3.8, 4) is 17.0 Å². The predicted octanol–water partition coefficient (Wildman–Crippen LogP) is 4.26. The average molecular weight is 329 g/mol. The van der Waals surface area contributed by atoms with Gasteiger partial charge < -0.3 is 14.6 Å². The van der Waals surface area contributed by atoms with Crippen LogP contribution in [0.4, 0.5) is 5.69 Å². The van der Waals surface area contributed by atoms with Crippen LogP contribution < -0.4 is 10.1 Å². The van der Waals surface area contributed by atoms with Crippen LogP contribution in [-0.4, -0.2) is 18.2 Å². The van der Waals surface area contributed by atoms with E-state index < -0.39 is 0 Å². The van der Waals surface area contributed by atoms with E-state index in [0.717, 1.165) is 5.56 Å². The van der Waals surface area contributed by atoms with Crippen LogP contribution in [-0.2, 0) is 0 Å². The molecule has 0 unspecified atom stereocenters. The fraction of sp³-hybridized carbons (Fsp3) is 0.0588. The van der Waals surface area contributed by atoms with Gasteiger partial charge in [-0.3, -0.25) is 4.79 Å². The number of nitrogens with one attached hydrogen (secondary N) is 1. The summed E-state index contributed by atoms with van der Waals surface area (Å²) in [6, 6.07) is 14.3. The molecule has 0 radical (unpaired) electrons. The fourth-order valence-electron chi connectivity index (χ4n) is 2.17. The number of halogens is 1. The van der Waals surface area contributed by atoms with Crippen molar-refractivity contribution in [2.45, 2.75) is 0 Å². The van der Waals surface area contributed by atoms with Crippen LogP contribution in [0.15, 0.2) is 59.3 Å². The Morgan fingerprint density at radius 1 is 1.22 bits per heavy atom. The molecule has 0 aliphatic carbocycles. The molecule has 3 aromatic rings. The van der Waals surface area contributed by atoms with Gasteiger partial charge in [-0.05, 0) is 18.2 Å². The van der Waals surface area contributed by atoms with Crippen molar-refractivity contribution in [3.05, 3.63) is 65.4 Å². The molecule has 1 heterocycles. The fourth-order valence-corrected chi connectivity index (χ4v) is 2.34. The lowest BCUT2D eigenvalue weighted by molar-refractivity contribution is 0.102. The Hall–Kier alpha value is -2.79. The molecule has 5 nitrogen and oxygen atoms in total. The zero-order chi connectivity index (χ0) is 16.2. The Bertz CT molecular complexity index is 831. The number of methoxy groups -OCH3 is 1. The van der Waals surface area contributed by atoms with Crippen LogP contribution >= 0.6 is 11.6 Å². The van der Waals surface area contributed by atoms with Crippen molar-refractivity contribution in [2.24, 2.45) is 0 Å². The molecule has 3 rings (SSSR count). The lowest BCUT2D eigenvalue weighted by Crippen LogP contribution is -2.13. The summed E-state index contributed by atoms with van der Waals surface area (Å²) in [6.07, 6.45) is 1.31. The van der Waals surface area contributed by atoms with Gasteiger partial charge in [0.25, 0.3) is 5.91 Å². The van der Waals surface area contributed by atoms with Gasteiger partial charge in [0.05, 0.1) is 12.8 Å². The van der Waals surface area contributed by atoms with Crippen LogP contribution in [0.2, 0.25) is 5.02 Å². The summed E-state index contributed by atoms with van der Waals surface area (Å²) in [5, 5.41) is 7.18. The van der Waals surface area contributed by atoms with Crippen LogP contribution in [0, 0.1) is 0 Å². The van der Waals surface area contributed by atoms with E-state index in [4.69, 9.17) is 20.9 Å². The third kappa shape index (κ3) is 3.19. The Labute approximate surface area is 137 Å². The Morgan fingerprint density at radius 3 is 2.74 bits per heavy atom. The zero-order valence-electron chi connectivity index (χ0n) is 12.2. The van der Waals surface area contributed by atoms with Gasteiger partial charge in [0.15, 0.2) is 0 Å². The van der Waals surface area contributed by atoms with E-state index in [1.807, 2.05) is 30.3 Å². The summed E-state index contributed by atoms with van der Waals surface area (Å²) < 4.78 is 10.2. The molecule has 0 fully saturated rings. The van der Waals surface area contributed by atoms with Crippen LogP contribution in [0.25, 0.3) is 11.3 Å². The second-order valence-corrected chi connectivity index (χ2v) is 5.18. The lowest BCUT2D eigenvalue weighted by Gasteiger charge is -2.10. The molecule has 0 bridgehead atoms. The Morgan fingerprint density at radius 2 is 2.00 bits per heavy atom. The summed E-state index contributed by atoms with van der Waals surface area (Å²) in [4.78, 5) is 12.5. The first kappa shape index (κ1) is 15.1. The summed E-state index contributed by atoms with van der Waals surface area (Å²) >= 11 is 5.97. The zero-order valence-corrected chi connectivity index (χ0v) is 13.0. The van der Waals surface area contributed by atoms with Gasteiger partial charge in [-0.25, -0.2) is 0 Å². The first-order chi connectivity index (χ1) is 11.2. The number of hydrogen-bond acceptors (Lipinski definition) is 4. The molecule has 0 aliphatic rings. The number of nitrogens with zero attached hydrogens (tertiary/aromatic N) is 1. The lowest BCUT2D eigenvalue weighted by atomic mass is 10.1. The third-order valence-electron chi connectivity index (χ3n) is 3.27. The number of anilines is 1. The highest BCUT2D eigenvalue weighted by Gasteiger charge is 2.18. The summed E-state index contributed by atoms with van der Waals surface area (Å²) in [5.41, 5.74) is 2.08. The molecule has 1 amide bonds. The predicted molar refractivity (Wildman–Crippen MR) is 87.9 cm³/mol. The summed E-state index contributed by atoms with van der Waals surface area (Å²) in [6.45, 7) is 0. The number of aromatic nitrogens is 1. The van der Waals surface area contributed by atoms with Gasteiger partial charge in [0, 0.05) is 10.6 Å². The van der Waals surface area contributed by atoms with Crippen LogP contribution in [0.3, 0.4) is 0 Å². The molecule has 0 aliphatic heterocycles. The van der Waals surface area contributed by atoms with E-state index in [2.05, 4.69) is 10.5 Å². The maximum atomic E-state index is 12.5. The first-order valence-corrected chi connectivity index (χ1v) is 7.21. The minimum absolute atomic E-state index is 0.332. The maximum absolute atomic E-state index is 12.5. The van der Waals surface area contributed by atoms with Crippen LogP contribution in [0.1, 0.15) is 10.4 Å². The van der Waals surface area contributed by atoms with E-state index in [9.17, 15) is 4.79 Å². The second kappa shape index (κ2) is 6.54. The first-order valence-electron chi connectivity index (χ1n) is 6.83. The standard InChI is InChI=1S/C17H13ClN2O3/c1-22-15-8-7-12(18)9-14(15)19-17(21)13-10-23-20-16(13)11-5-3-2-4-6-11/h2-10H,1H3,(H,19,21). The van der Waals surface area contributed by atoms with Crippen LogP contribution in [0.5, 0.6) is 5.75 Å². The van der Waals surface area contributed by atoms with Crippen molar-refractivity contribution < 1.29 is 14.1 Å². The van der Waals surface area contributed by atoms with E-state index in [1.165, 1.54) is 13.4 Å². The number of amides is 1. The van der Waals surface area contributed by atoms with Gasteiger partial charge in [-0.15, -0.1) is 0 Å². The van der Waals surface area contributed by atoms with Gasteiger partial charge in [0.1, 0.15) is 23.3 Å². The molecular formula is C17H13ClN2O3. The second-order valence-electron chi connectivity index (χ2n) is 4.74. The molecular weight excluding hydrogens is 316 g/mol.